The van der Waals surface area contributed by atoms with E-state index in [9.17, 15) is 15.0 Å². The average Bonchev–Trinajstić information content (AvgIpc) is 2.64. The summed E-state index contributed by atoms with van der Waals surface area (Å²) >= 11 is 6.37. The van der Waals surface area contributed by atoms with E-state index in [0.29, 0.717) is 0 Å². The van der Waals surface area contributed by atoms with Crippen LogP contribution in [0.5, 0.6) is 0 Å². The highest BCUT2D eigenvalue weighted by atomic mass is 35.5. The summed E-state index contributed by atoms with van der Waals surface area (Å²) in [5, 5.41) is 20.0. The number of ether oxygens (including phenoxy) is 1. The van der Waals surface area contributed by atoms with Crippen LogP contribution in [0.4, 0.5) is 5.95 Å². The van der Waals surface area contributed by atoms with Gasteiger partial charge in [-0.15, -0.1) is 5.92 Å². The molecule has 1 aromatic heterocycles. The summed E-state index contributed by atoms with van der Waals surface area (Å²) in [6, 6.07) is 0. The van der Waals surface area contributed by atoms with Gasteiger partial charge in [0.1, 0.15) is 18.5 Å². The van der Waals surface area contributed by atoms with Crippen LogP contribution in [0.1, 0.15) is 20.1 Å². The molecule has 5 atom stereocenters. The molecule has 1 aliphatic heterocycles. The van der Waals surface area contributed by atoms with Crippen molar-refractivity contribution in [3.05, 3.63) is 16.8 Å². The van der Waals surface area contributed by atoms with E-state index in [4.69, 9.17) is 22.1 Å². The Morgan fingerprint density at radius 3 is 2.86 bits per heavy atom. The van der Waals surface area contributed by atoms with Crippen molar-refractivity contribution in [3.63, 3.8) is 0 Å². The number of anilines is 1. The fourth-order valence-corrected chi connectivity index (χ4v) is 2.57. The summed E-state index contributed by atoms with van der Waals surface area (Å²) in [4.78, 5) is 17.5. The summed E-state index contributed by atoms with van der Waals surface area (Å²) < 4.78 is 6.50. The highest BCUT2D eigenvalue weighted by Gasteiger charge is 2.57. The zero-order chi connectivity index (χ0) is 15.8. The van der Waals surface area contributed by atoms with Gasteiger partial charge in [0.25, 0.3) is 0 Å². The molecule has 0 amide bonds. The summed E-state index contributed by atoms with van der Waals surface area (Å²) in [6.07, 6.45) is -3.36. The molecule has 4 N–H and O–H groups in total. The first-order valence-corrected chi connectivity index (χ1v) is 6.54. The van der Waals surface area contributed by atoms with Gasteiger partial charge in [0.05, 0.1) is 6.10 Å². The minimum absolute atomic E-state index is 0.191. The van der Waals surface area contributed by atoms with Gasteiger partial charge in [-0.1, -0.05) is 17.5 Å². The van der Waals surface area contributed by atoms with Gasteiger partial charge in [-0.2, -0.15) is 4.98 Å². The second-order valence-corrected chi connectivity index (χ2v) is 5.31. The van der Waals surface area contributed by atoms with Crippen molar-refractivity contribution in [1.82, 2.24) is 14.5 Å². The van der Waals surface area contributed by atoms with Gasteiger partial charge in [-0.25, -0.2) is 9.78 Å². The van der Waals surface area contributed by atoms with Crippen molar-refractivity contribution in [1.29, 1.82) is 0 Å². The Morgan fingerprint density at radius 2 is 2.33 bits per heavy atom. The number of halogens is 1. The van der Waals surface area contributed by atoms with Crippen molar-refractivity contribution < 1.29 is 14.9 Å². The van der Waals surface area contributed by atoms with Gasteiger partial charge in [0.2, 0.25) is 5.95 Å². The molecule has 21 heavy (non-hydrogen) atoms. The number of rotatable bonds is 2. The third-order valence-corrected chi connectivity index (χ3v) is 3.68. The van der Waals surface area contributed by atoms with Crippen molar-refractivity contribution in [2.75, 3.05) is 5.73 Å². The maximum Gasteiger partial charge on any atom is 0.354 e. The van der Waals surface area contributed by atoms with Crippen LogP contribution in [0, 0.1) is 11.8 Å². The highest BCUT2D eigenvalue weighted by molar-refractivity contribution is 6.27. The molecule has 0 radical (unpaired) electrons. The molecule has 0 saturated carbocycles. The number of alkyl halides is 1. The largest absolute Gasteiger partial charge is 0.391 e. The summed E-state index contributed by atoms with van der Waals surface area (Å²) in [7, 11) is 0. The van der Waals surface area contributed by atoms with Crippen LogP contribution < -0.4 is 11.4 Å². The van der Waals surface area contributed by atoms with E-state index in [1.54, 1.807) is 0 Å². The molecule has 1 aromatic rings. The van der Waals surface area contributed by atoms with Gasteiger partial charge < -0.3 is 20.7 Å². The van der Waals surface area contributed by atoms with Crippen LogP contribution in [-0.2, 0) is 4.74 Å². The number of nitrogens with two attached hydrogens (primary N) is 1. The first kappa shape index (κ1) is 15.7. The summed E-state index contributed by atoms with van der Waals surface area (Å²) in [6.45, 7) is 2.97. The van der Waals surface area contributed by atoms with E-state index >= 15 is 0 Å². The van der Waals surface area contributed by atoms with Crippen molar-refractivity contribution in [2.24, 2.45) is 0 Å². The number of aliphatic hydroxyl groups excluding tert-OH is 2. The molecule has 1 aliphatic rings. The van der Waals surface area contributed by atoms with E-state index in [-0.39, 0.29) is 5.95 Å². The van der Waals surface area contributed by atoms with Gasteiger partial charge in [-0.05, 0) is 13.8 Å². The highest BCUT2D eigenvalue weighted by Crippen LogP contribution is 2.43. The SMILES string of the molecule is CC#CC1(Cl)[C@@H](O)[C@@H]([C@@H](C)O)O[C@H]1n1cnc(N)nc1=O. The van der Waals surface area contributed by atoms with E-state index in [1.807, 2.05) is 0 Å². The average molecular weight is 315 g/mol. The Labute approximate surface area is 125 Å². The molecule has 2 rings (SSSR count). The number of nitrogens with zero attached hydrogens (tertiary/aromatic N) is 3. The second kappa shape index (κ2) is 5.61. The number of nitrogen functional groups attached to an aromatic ring is 1. The number of aromatic nitrogens is 3. The fraction of sp³-hybridized carbons (Fsp3) is 0.583. The van der Waals surface area contributed by atoms with E-state index in [2.05, 4.69) is 21.8 Å². The van der Waals surface area contributed by atoms with E-state index in [1.165, 1.54) is 13.8 Å². The Kier molecular flexibility index (Phi) is 4.20. The monoisotopic (exact) mass is 314 g/mol. The van der Waals surface area contributed by atoms with Gasteiger partial charge in [0, 0.05) is 0 Å². The quantitative estimate of drug-likeness (QED) is 0.465. The Balaban J connectivity index is 2.54. The molecular weight excluding hydrogens is 300 g/mol. The normalized spacial score (nSPS) is 33.3. The zero-order valence-electron chi connectivity index (χ0n) is 11.4. The fourth-order valence-electron chi connectivity index (χ4n) is 2.20. The lowest BCUT2D eigenvalue weighted by Gasteiger charge is -2.25. The first-order valence-electron chi connectivity index (χ1n) is 6.16. The van der Waals surface area contributed by atoms with Crippen molar-refractivity contribution >= 4 is 17.5 Å². The van der Waals surface area contributed by atoms with Crippen LogP contribution in [0.3, 0.4) is 0 Å². The molecule has 8 nitrogen and oxygen atoms in total. The lowest BCUT2D eigenvalue weighted by Crippen LogP contribution is -2.44. The van der Waals surface area contributed by atoms with Crippen molar-refractivity contribution in [3.8, 4) is 11.8 Å². The minimum Gasteiger partial charge on any atom is -0.391 e. The Hall–Kier alpha value is -1.66. The van der Waals surface area contributed by atoms with E-state index in [0.717, 1.165) is 10.9 Å². The molecule has 1 unspecified atom stereocenters. The van der Waals surface area contributed by atoms with Crippen LogP contribution in [0.25, 0.3) is 0 Å². The molecule has 0 aromatic carbocycles. The topological polar surface area (TPSA) is 123 Å². The smallest absolute Gasteiger partial charge is 0.354 e. The molecule has 1 fully saturated rings. The van der Waals surface area contributed by atoms with Crippen LogP contribution in [0.2, 0.25) is 0 Å². The van der Waals surface area contributed by atoms with Gasteiger partial charge >= 0.3 is 5.69 Å². The molecule has 0 spiro atoms. The van der Waals surface area contributed by atoms with Crippen LogP contribution in [-0.4, -0.2) is 47.9 Å². The third-order valence-electron chi connectivity index (χ3n) is 3.18. The number of hydrogen-bond donors (Lipinski definition) is 3. The number of hydrogen-bond acceptors (Lipinski definition) is 7. The standard InChI is InChI=1S/C12H15ClN4O4/c1-3-4-12(13)8(19)7(6(2)18)21-9(12)17-5-15-10(14)16-11(17)20/h5-9,18-19H,1-2H3,(H2,14,16,20)/t6-,7-,8+,9-,12?/m1/s1. The van der Waals surface area contributed by atoms with Crippen LogP contribution in [0.15, 0.2) is 11.1 Å². The Bertz CT molecular complexity index is 653. The van der Waals surface area contributed by atoms with Gasteiger partial charge in [0.15, 0.2) is 11.1 Å². The predicted octanol–water partition coefficient (Wildman–Crippen LogP) is -1.14. The zero-order valence-corrected chi connectivity index (χ0v) is 12.2. The minimum atomic E-state index is -1.61. The molecule has 0 bridgehead atoms. The summed E-state index contributed by atoms with van der Waals surface area (Å²) in [5.41, 5.74) is 4.59. The molecule has 1 saturated heterocycles. The van der Waals surface area contributed by atoms with E-state index < -0.39 is 35.1 Å². The van der Waals surface area contributed by atoms with Crippen LogP contribution >= 0.6 is 11.6 Å². The second-order valence-electron chi connectivity index (χ2n) is 4.69. The molecule has 0 aliphatic carbocycles. The molecule has 9 heteroatoms. The molecule has 114 valence electrons. The lowest BCUT2D eigenvalue weighted by molar-refractivity contribution is -0.0775. The first-order chi connectivity index (χ1) is 9.81. The number of aliphatic hydroxyl groups is 2. The lowest BCUT2D eigenvalue weighted by atomic mass is 9.97. The van der Waals surface area contributed by atoms with Crippen molar-refractivity contribution in [2.45, 2.75) is 43.3 Å². The molecule has 2 heterocycles. The maximum absolute atomic E-state index is 11.9. The summed E-state index contributed by atoms with van der Waals surface area (Å²) in [5.74, 6) is 5.02. The Morgan fingerprint density at radius 1 is 1.67 bits per heavy atom. The molecular formula is C12H15ClN4O4. The predicted molar refractivity (Wildman–Crippen MR) is 74.3 cm³/mol. The third kappa shape index (κ3) is 2.61. The van der Waals surface area contributed by atoms with Gasteiger partial charge in [-0.3, -0.25) is 4.57 Å². The maximum atomic E-state index is 11.9.